The molecule has 0 spiro atoms. The minimum Gasteiger partial charge on any atom is -0.434 e. The summed E-state index contributed by atoms with van der Waals surface area (Å²) in [7, 11) is -3.38. The van der Waals surface area contributed by atoms with E-state index in [1.807, 2.05) is 74.5 Å². The highest BCUT2D eigenvalue weighted by Gasteiger charge is 2.33. The highest BCUT2D eigenvalue weighted by atomic mass is 31.2. The smallest absolute Gasteiger partial charge is 0.307 e. The molecule has 0 atom stereocenters. The SMILES string of the molecule is Cc1ccccc1P(=O)(Oc1cccc2[nH]nnc12)c1ccccc1C. The van der Waals surface area contributed by atoms with Gasteiger partial charge in [0, 0.05) is 0 Å². The third-order valence-electron chi connectivity index (χ3n) is 4.41. The first kappa shape index (κ1) is 16.6. The van der Waals surface area contributed by atoms with Crippen LogP contribution in [0.25, 0.3) is 11.0 Å². The minimum absolute atomic E-state index is 0.450. The summed E-state index contributed by atoms with van der Waals surface area (Å²) in [6.07, 6.45) is 0. The molecular weight excluding hydrogens is 345 g/mol. The number of hydrogen-bond acceptors (Lipinski definition) is 4. The van der Waals surface area contributed by atoms with Gasteiger partial charge in [-0.05, 0) is 49.2 Å². The monoisotopic (exact) mass is 363 g/mol. The third kappa shape index (κ3) is 2.71. The Balaban J connectivity index is 1.95. The topological polar surface area (TPSA) is 67.9 Å². The van der Waals surface area contributed by atoms with E-state index < -0.39 is 7.37 Å². The molecule has 0 aliphatic heterocycles. The molecule has 3 aromatic carbocycles. The van der Waals surface area contributed by atoms with Crippen LogP contribution in [0.5, 0.6) is 5.75 Å². The van der Waals surface area contributed by atoms with Gasteiger partial charge in [-0.1, -0.05) is 47.7 Å². The Morgan fingerprint density at radius 1 is 0.846 bits per heavy atom. The summed E-state index contributed by atoms with van der Waals surface area (Å²) < 4.78 is 20.6. The maximum atomic E-state index is 14.3. The molecule has 130 valence electrons. The van der Waals surface area contributed by atoms with Crippen LogP contribution in [0.3, 0.4) is 0 Å². The lowest BCUT2D eigenvalue weighted by Gasteiger charge is -2.23. The Kier molecular flexibility index (Phi) is 4.09. The summed E-state index contributed by atoms with van der Waals surface area (Å²) in [5, 5.41) is 12.1. The van der Waals surface area contributed by atoms with Crippen molar-refractivity contribution in [3.8, 4) is 5.75 Å². The zero-order valence-electron chi connectivity index (χ0n) is 14.5. The standard InChI is InChI=1S/C20H18N3O2P/c1-14-8-3-5-12-18(14)26(24,19-13-6-4-9-15(19)2)25-17-11-7-10-16-20(17)22-23-21-16/h3-13H,1-2H3,(H,21,22,23). The van der Waals surface area contributed by atoms with Crippen molar-refractivity contribution in [1.29, 1.82) is 0 Å². The summed E-state index contributed by atoms with van der Waals surface area (Å²) in [5.74, 6) is 0.450. The summed E-state index contributed by atoms with van der Waals surface area (Å²) in [6, 6.07) is 20.7. The zero-order chi connectivity index (χ0) is 18.1. The fourth-order valence-electron chi connectivity index (χ4n) is 3.07. The van der Waals surface area contributed by atoms with Gasteiger partial charge in [0.1, 0.15) is 0 Å². The average molecular weight is 363 g/mol. The van der Waals surface area contributed by atoms with Crippen LogP contribution < -0.4 is 15.1 Å². The van der Waals surface area contributed by atoms with E-state index in [9.17, 15) is 4.57 Å². The number of H-pyrrole nitrogens is 1. The van der Waals surface area contributed by atoms with E-state index >= 15 is 0 Å². The Hall–Kier alpha value is -2.91. The van der Waals surface area contributed by atoms with Gasteiger partial charge in [-0.2, -0.15) is 0 Å². The Labute approximate surface area is 151 Å². The number of aromatic nitrogens is 3. The molecule has 26 heavy (non-hydrogen) atoms. The summed E-state index contributed by atoms with van der Waals surface area (Å²) in [6.45, 7) is 3.89. The maximum Gasteiger partial charge on any atom is 0.307 e. The van der Waals surface area contributed by atoms with Gasteiger partial charge in [0.2, 0.25) is 0 Å². The van der Waals surface area contributed by atoms with Crippen LogP contribution in [0, 0.1) is 13.8 Å². The van der Waals surface area contributed by atoms with Crippen molar-refractivity contribution in [3.05, 3.63) is 77.9 Å². The molecule has 0 unspecified atom stereocenters. The van der Waals surface area contributed by atoms with Gasteiger partial charge in [0.15, 0.2) is 11.3 Å². The lowest BCUT2D eigenvalue weighted by Crippen LogP contribution is -2.24. The molecule has 0 radical (unpaired) electrons. The molecule has 0 saturated carbocycles. The molecule has 0 fully saturated rings. The summed E-state index contributed by atoms with van der Waals surface area (Å²) in [5.41, 5.74) is 3.15. The largest absolute Gasteiger partial charge is 0.434 e. The molecule has 1 aromatic heterocycles. The Morgan fingerprint density at radius 2 is 1.46 bits per heavy atom. The van der Waals surface area contributed by atoms with Gasteiger partial charge in [0.25, 0.3) is 0 Å². The lowest BCUT2D eigenvalue weighted by atomic mass is 10.2. The van der Waals surface area contributed by atoms with Crippen molar-refractivity contribution in [3.63, 3.8) is 0 Å². The van der Waals surface area contributed by atoms with Crippen LogP contribution >= 0.6 is 7.37 Å². The minimum atomic E-state index is -3.38. The van der Waals surface area contributed by atoms with Crippen molar-refractivity contribution < 1.29 is 9.09 Å². The first-order valence-electron chi connectivity index (χ1n) is 8.31. The van der Waals surface area contributed by atoms with E-state index in [1.165, 1.54) is 0 Å². The van der Waals surface area contributed by atoms with E-state index in [-0.39, 0.29) is 0 Å². The molecule has 6 heteroatoms. The number of hydrogen-bond donors (Lipinski definition) is 1. The fraction of sp³-hybridized carbons (Fsp3) is 0.100. The molecule has 0 saturated heterocycles. The number of fused-ring (bicyclic) bond motifs is 1. The molecule has 5 nitrogen and oxygen atoms in total. The quantitative estimate of drug-likeness (QED) is 0.559. The van der Waals surface area contributed by atoms with Crippen molar-refractivity contribution in [2.75, 3.05) is 0 Å². The second kappa shape index (κ2) is 6.43. The molecule has 0 aliphatic carbocycles. The molecule has 4 aromatic rings. The summed E-state index contributed by atoms with van der Waals surface area (Å²) >= 11 is 0. The van der Waals surface area contributed by atoms with Crippen LogP contribution in [0.4, 0.5) is 0 Å². The van der Waals surface area contributed by atoms with Crippen LogP contribution in [0.1, 0.15) is 11.1 Å². The van der Waals surface area contributed by atoms with Crippen molar-refractivity contribution in [2.45, 2.75) is 13.8 Å². The predicted octanol–water partition coefficient (Wildman–Crippen LogP) is 3.88. The molecule has 4 rings (SSSR count). The van der Waals surface area contributed by atoms with E-state index in [0.717, 1.165) is 16.6 Å². The second-order valence-corrected chi connectivity index (χ2v) is 8.43. The molecule has 1 N–H and O–H groups in total. The van der Waals surface area contributed by atoms with Crippen LogP contribution in [0.2, 0.25) is 0 Å². The Morgan fingerprint density at radius 3 is 2.08 bits per heavy atom. The van der Waals surface area contributed by atoms with Gasteiger partial charge in [-0.25, -0.2) is 0 Å². The van der Waals surface area contributed by atoms with E-state index in [0.29, 0.717) is 21.9 Å². The van der Waals surface area contributed by atoms with Crippen molar-refractivity contribution in [2.24, 2.45) is 0 Å². The molecule has 0 aliphatic rings. The second-order valence-electron chi connectivity index (χ2n) is 6.18. The van der Waals surface area contributed by atoms with Crippen LogP contribution in [0.15, 0.2) is 66.7 Å². The van der Waals surface area contributed by atoms with E-state index in [2.05, 4.69) is 15.4 Å². The molecule has 0 amide bonds. The summed E-state index contributed by atoms with van der Waals surface area (Å²) in [4.78, 5) is 0. The maximum absolute atomic E-state index is 14.3. The molecule has 0 bridgehead atoms. The molecule has 1 heterocycles. The number of nitrogens with zero attached hydrogens (tertiary/aromatic N) is 2. The van der Waals surface area contributed by atoms with Gasteiger partial charge in [0.05, 0.1) is 16.1 Å². The normalized spacial score (nSPS) is 11.6. The highest BCUT2D eigenvalue weighted by Crippen LogP contribution is 2.47. The van der Waals surface area contributed by atoms with Gasteiger partial charge >= 0.3 is 7.37 Å². The first-order chi connectivity index (χ1) is 12.6. The Bertz CT molecular complexity index is 1090. The number of rotatable bonds is 4. The zero-order valence-corrected chi connectivity index (χ0v) is 15.4. The number of aromatic amines is 1. The van der Waals surface area contributed by atoms with E-state index in [4.69, 9.17) is 4.52 Å². The van der Waals surface area contributed by atoms with Crippen molar-refractivity contribution >= 4 is 29.0 Å². The fourth-order valence-corrected chi connectivity index (χ4v) is 5.60. The number of aryl methyl sites for hydroxylation is 2. The third-order valence-corrected chi connectivity index (χ3v) is 7.14. The number of benzene rings is 3. The van der Waals surface area contributed by atoms with Gasteiger partial charge < -0.3 is 4.52 Å². The highest BCUT2D eigenvalue weighted by molar-refractivity contribution is 7.74. The van der Waals surface area contributed by atoms with Crippen molar-refractivity contribution in [1.82, 2.24) is 15.4 Å². The predicted molar refractivity (Wildman–Crippen MR) is 104 cm³/mol. The molecular formula is C20H18N3O2P. The van der Waals surface area contributed by atoms with Crippen LogP contribution in [-0.2, 0) is 4.57 Å². The lowest BCUT2D eigenvalue weighted by molar-refractivity contribution is 0.504. The van der Waals surface area contributed by atoms with Gasteiger partial charge in [-0.15, -0.1) is 5.10 Å². The number of nitrogens with one attached hydrogen (secondary N) is 1. The average Bonchev–Trinajstić information content (AvgIpc) is 3.12. The first-order valence-corrected chi connectivity index (χ1v) is 9.94. The van der Waals surface area contributed by atoms with Gasteiger partial charge in [-0.3, -0.25) is 9.66 Å². The van der Waals surface area contributed by atoms with Crippen LogP contribution in [-0.4, -0.2) is 15.4 Å². The van der Waals surface area contributed by atoms with E-state index in [1.54, 1.807) is 6.07 Å².